The summed E-state index contributed by atoms with van der Waals surface area (Å²) < 4.78 is 0. The first-order chi connectivity index (χ1) is 8.99. The molecular weight excluding hydrogens is 314 g/mol. The van der Waals surface area contributed by atoms with Gasteiger partial charge in [-0.3, -0.25) is 9.69 Å². The smallest absolute Gasteiger partial charge is 0.151 e. The predicted octanol–water partition coefficient (Wildman–Crippen LogP) is 0.539. The number of likely N-dealkylation sites (N-methyl/N-ethyl adjacent to an activating group) is 1. The van der Waals surface area contributed by atoms with Gasteiger partial charge in [0, 0.05) is 12.5 Å². The van der Waals surface area contributed by atoms with Gasteiger partial charge in [0.1, 0.15) is 0 Å². The largest absolute Gasteiger partial charge is 1.00 e. The van der Waals surface area contributed by atoms with E-state index >= 15 is 0 Å². The van der Waals surface area contributed by atoms with Crippen molar-refractivity contribution in [2.24, 2.45) is 0 Å². The highest BCUT2D eigenvalue weighted by Gasteiger charge is 2.15. The van der Waals surface area contributed by atoms with E-state index in [4.69, 9.17) is 0 Å². The number of nitrogens with zero attached hydrogens (tertiary/aromatic N) is 1. The number of rotatable bonds is 7. The zero-order valence-electron chi connectivity index (χ0n) is 13.4. The average Bonchev–Trinajstić information content (AvgIpc) is 2.39. The number of ketones is 1. The summed E-state index contributed by atoms with van der Waals surface area (Å²) in [5.41, 5.74) is 3.65. The van der Waals surface area contributed by atoms with Crippen LogP contribution in [0.15, 0.2) is 18.2 Å². The average molecular weight is 341 g/mol. The molecule has 1 aromatic carbocycles. The van der Waals surface area contributed by atoms with Crippen molar-refractivity contribution in [2.45, 2.75) is 53.5 Å². The molecule has 1 atom stereocenters. The van der Waals surface area contributed by atoms with Crippen LogP contribution in [-0.2, 0) is 11.2 Å². The Morgan fingerprint density at radius 2 is 1.75 bits per heavy atom. The zero-order valence-corrected chi connectivity index (χ0v) is 15.0. The maximum absolute atomic E-state index is 12.3. The van der Waals surface area contributed by atoms with Crippen LogP contribution in [0.25, 0.3) is 0 Å². The highest BCUT2D eigenvalue weighted by atomic mass is 79.9. The quantitative estimate of drug-likeness (QED) is 0.722. The monoisotopic (exact) mass is 340 g/mol. The fourth-order valence-electron chi connectivity index (χ4n) is 2.44. The van der Waals surface area contributed by atoms with E-state index in [9.17, 15) is 4.79 Å². The molecule has 114 valence electrons. The van der Waals surface area contributed by atoms with Crippen LogP contribution < -0.4 is 17.0 Å². The lowest BCUT2D eigenvalue weighted by molar-refractivity contribution is -0.120. The van der Waals surface area contributed by atoms with Crippen molar-refractivity contribution in [3.63, 3.8) is 0 Å². The van der Waals surface area contributed by atoms with E-state index in [1.807, 2.05) is 0 Å². The minimum absolute atomic E-state index is 0. The van der Waals surface area contributed by atoms with Crippen molar-refractivity contribution < 1.29 is 21.8 Å². The molecule has 0 saturated carbocycles. The maximum atomic E-state index is 12.3. The fraction of sp³-hybridized carbons (Fsp3) is 0.588. The first-order valence-electron chi connectivity index (χ1n) is 7.30. The molecule has 0 aliphatic heterocycles. The van der Waals surface area contributed by atoms with Gasteiger partial charge >= 0.3 is 0 Å². The molecule has 0 spiro atoms. The van der Waals surface area contributed by atoms with Crippen LogP contribution >= 0.6 is 0 Å². The van der Waals surface area contributed by atoms with E-state index in [1.165, 1.54) is 16.7 Å². The van der Waals surface area contributed by atoms with Crippen LogP contribution in [0.1, 0.15) is 43.9 Å². The Hall–Kier alpha value is -0.670. The minimum atomic E-state index is 0. The lowest BCUT2D eigenvalue weighted by Crippen LogP contribution is -3.00. The molecular formula is C17H27BrNO-. The van der Waals surface area contributed by atoms with Crippen LogP contribution in [-0.4, -0.2) is 29.8 Å². The van der Waals surface area contributed by atoms with Crippen molar-refractivity contribution in [3.8, 4) is 0 Å². The summed E-state index contributed by atoms with van der Waals surface area (Å²) in [6.45, 7) is 12.2. The highest BCUT2D eigenvalue weighted by Crippen LogP contribution is 2.15. The van der Waals surface area contributed by atoms with Crippen molar-refractivity contribution in [3.05, 3.63) is 34.9 Å². The molecule has 2 nitrogen and oxygen atoms in total. The summed E-state index contributed by atoms with van der Waals surface area (Å²) in [5.74, 6) is 0.319. The third kappa shape index (κ3) is 5.37. The van der Waals surface area contributed by atoms with Gasteiger partial charge in [0.15, 0.2) is 5.78 Å². The Labute approximate surface area is 134 Å². The number of hydrogen-bond acceptors (Lipinski definition) is 2. The Kier molecular flexibility index (Phi) is 8.99. The van der Waals surface area contributed by atoms with Crippen molar-refractivity contribution >= 4 is 5.78 Å². The molecule has 0 saturated heterocycles. The third-order valence-electron chi connectivity index (χ3n) is 4.02. The summed E-state index contributed by atoms with van der Waals surface area (Å²) in [5, 5.41) is 0. The van der Waals surface area contributed by atoms with Gasteiger partial charge in [-0.05, 0) is 50.4 Å². The van der Waals surface area contributed by atoms with Gasteiger partial charge in [0.2, 0.25) is 0 Å². The van der Waals surface area contributed by atoms with Gasteiger partial charge < -0.3 is 17.0 Å². The third-order valence-corrected chi connectivity index (χ3v) is 4.02. The predicted molar refractivity (Wildman–Crippen MR) is 81.6 cm³/mol. The summed E-state index contributed by atoms with van der Waals surface area (Å²) in [6, 6.07) is 6.70. The van der Waals surface area contributed by atoms with Crippen LogP contribution in [0, 0.1) is 13.8 Å². The molecule has 0 N–H and O–H groups in total. The van der Waals surface area contributed by atoms with Crippen LogP contribution in [0.5, 0.6) is 0 Å². The Balaban J connectivity index is 0.00000361. The summed E-state index contributed by atoms with van der Waals surface area (Å²) in [4.78, 5) is 14.5. The molecule has 0 amide bonds. The number of halogens is 1. The molecule has 0 fully saturated rings. The van der Waals surface area contributed by atoms with E-state index in [0.29, 0.717) is 24.8 Å². The van der Waals surface area contributed by atoms with Gasteiger partial charge in [0.05, 0.1) is 6.54 Å². The second-order valence-corrected chi connectivity index (χ2v) is 5.41. The van der Waals surface area contributed by atoms with Gasteiger partial charge in [-0.2, -0.15) is 0 Å². The molecule has 0 radical (unpaired) electrons. The van der Waals surface area contributed by atoms with Crippen molar-refractivity contribution in [1.82, 2.24) is 4.90 Å². The minimum Gasteiger partial charge on any atom is -1.00 e. The first-order valence-corrected chi connectivity index (χ1v) is 7.30. The molecule has 0 aromatic heterocycles. The zero-order chi connectivity index (χ0) is 14.4. The number of aryl methyl sites for hydroxylation is 2. The Morgan fingerprint density at radius 3 is 2.20 bits per heavy atom. The normalized spacial score (nSPS) is 12.1. The molecule has 1 rings (SSSR count). The summed E-state index contributed by atoms with van der Waals surface area (Å²) in [7, 11) is 0. The van der Waals surface area contributed by atoms with Crippen LogP contribution in [0.4, 0.5) is 0 Å². The molecule has 0 bridgehead atoms. The van der Waals surface area contributed by atoms with Crippen molar-refractivity contribution in [2.75, 3.05) is 13.1 Å². The highest BCUT2D eigenvalue weighted by molar-refractivity contribution is 5.83. The Bertz CT molecular complexity index is 411. The molecule has 0 heterocycles. The van der Waals surface area contributed by atoms with Crippen molar-refractivity contribution in [1.29, 1.82) is 0 Å². The summed E-state index contributed by atoms with van der Waals surface area (Å²) in [6.07, 6.45) is 1.65. The standard InChI is InChI=1S/C17H27NO.BrH/c1-6-15(5)18(7-2)12-16(19)11-17-13(3)9-8-10-14(17)4;/h8-10,15H,6-7,11-12H2,1-5H3;1H/p-1. The van der Waals surface area contributed by atoms with Gasteiger partial charge in [-0.15, -0.1) is 0 Å². The molecule has 1 aromatic rings. The number of Topliss-reactive ketones (excluding diaryl/α,β-unsaturated/α-hetero) is 1. The van der Waals surface area contributed by atoms with E-state index < -0.39 is 0 Å². The lowest BCUT2D eigenvalue weighted by atomic mass is 9.98. The van der Waals surface area contributed by atoms with Crippen LogP contribution in [0.3, 0.4) is 0 Å². The van der Waals surface area contributed by atoms with E-state index in [-0.39, 0.29) is 17.0 Å². The second kappa shape index (κ2) is 9.30. The van der Waals surface area contributed by atoms with E-state index in [0.717, 1.165) is 13.0 Å². The molecule has 1 unspecified atom stereocenters. The number of carbonyl (C=O) groups is 1. The molecule has 0 aliphatic rings. The topological polar surface area (TPSA) is 20.3 Å². The summed E-state index contributed by atoms with van der Waals surface area (Å²) >= 11 is 0. The number of benzene rings is 1. The van der Waals surface area contributed by atoms with Crippen LogP contribution in [0.2, 0.25) is 0 Å². The van der Waals surface area contributed by atoms with Gasteiger partial charge in [-0.1, -0.05) is 32.0 Å². The SMILES string of the molecule is CCC(C)N(CC)CC(=O)Cc1c(C)cccc1C.[Br-]. The maximum Gasteiger partial charge on any atom is 0.151 e. The fourth-order valence-corrected chi connectivity index (χ4v) is 2.44. The number of hydrogen-bond donors (Lipinski definition) is 0. The van der Waals surface area contributed by atoms with E-state index in [1.54, 1.807) is 0 Å². The second-order valence-electron chi connectivity index (χ2n) is 5.41. The van der Waals surface area contributed by atoms with Gasteiger partial charge in [0.25, 0.3) is 0 Å². The molecule has 0 aliphatic carbocycles. The molecule has 20 heavy (non-hydrogen) atoms. The lowest BCUT2D eigenvalue weighted by Gasteiger charge is -2.26. The Morgan fingerprint density at radius 1 is 1.20 bits per heavy atom. The first kappa shape index (κ1) is 19.3. The van der Waals surface area contributed by atoms with E-state index in [2.05, 4.69) is 57.7 Å². The molecule has 3 heteroatoms. The van der Waals surface area contributed by atoms with Gasteiger partial charge in [-0.25, -0.2) is 0 Å². The number of carbonyl (C=O) groups excluding carboxylic acids is 1.